The number of carbonyl (C=O) groups excluding carboxylic acids is 3. The zero-order valence-electron chi connectivity index (χ0n) is 16.5. The third-order valence-corrected chi connectivity index (χ3v) is 5.77. The van der Waals surface area contributed by atoms with Crippen LogP contribution in [0.25, 0.3) is 0 Å². The Labute approximate surface area is 173 Å². The second-order valence-corrected chi connectivity index (χ2v) is 8.57. The number of carbonyl (C=O) groups is 3. The number of fused-ring (bicyclic) bond motifs is 1. The smallest absolute Gasteiger partial charge is 0.356 e. The molecule has 0 aliphatic carbocycles. The highest BCUT2D eigenvalue weighted by molar-refractivity contribution is 8.05. The predicted octanol–water partition coefficient (Wildman–Crippen LogP) is 2.28. The van der Waals surface area contributed by atoms with E-state index in [1.807, 2.05) is 30.3 Å². The summed E-state index contributed by atoms with van der Waals surface area (Å²) >= 11 is 1.25. The highest BCUT2D eigenvalue weighted by Gasteiger charge is 2.59. The van der Waals surface area contributed by atoms with Gasteiger partial charge in [-0.2, -0.15) is 0 Å². The minimum Gasteiger partial charge on any atom is -0.456 e. The van der Waals surface area contributed by atoms with Crippen LogP contribution < -0.4 is 5.32 Å². The Morgan fingerprint density at radius 2 is 2.03 bits per heavy atom. The molecular formula is C21H24N2O5S. The van der Waals surface area contributed by atoms with E-state index < -0.39 is 17.5 Å². The molecule has 0 radical (unpaired) electrons. The van der Waals surface area contributed by atoms with Gasteiger partial charge < -0.3 is 20.1 Å². The number of aliphatic hydroxyl groups is 1. The topological polar surface area (TPSA) is 95.9 Å². The molecule has 0 saturated carbocycles. The van der Waals surface area contributed by atoms with Gasteiger partial charge in [-0.05, 0) is 24.8 Å². The van der Waals surface area contributed by atoms with Crippen molar-refractivity contribution in [3.63, 3.8) is 0 Å². The largest absolute Gasteiger partial charge is 0.456 e. The number of benzene rings is 1. The van der Waals surface area contributed by atoms with Crippen LogP contribution in [0.4, 0.5) is 0 Å². The molecule has 2 aliphatic rings. The molecule has 1 aromatic rings. The van der Waals surface area contributed by atoms with E-state index in [1.165, 1.54) is 29.8 Å². The molecule has 0 spiro atoms. The minimum atomic E-state index is -1.18. The third-order valence-electron chi connectivity index (χ3n) is 4.85. The first kappa shape index (κ1) is 21.1. The van der Waals surface area contributed by atoms with Gasteiger partial charge in [0.05, 0.1) is 17.6 Å². The summed E-state index contributed by atoms with van der Waals surface area (Å²) in [5.74, 6) is -1.63. The third kappa shape index (κ3) is 4.54. The first-order valence-corrected chi connectivity index (χ1v) is 10.2. The lowest BCUT2D eigenvalue weighted by molar-refractivity contribution is -0.170. The van der Waals surface area contributed by atoms with Gasteiger partial charge in [0.15, 0.2) is 0 Å². The summed E-state index contributed by atoms with van der Waals surface area (Å²) in [4.78, 5) is 38.6. The molecule has 2 heterocycles. The maximum atomic E-state index is 12.8. The van der Waals surface area contributed by atoms with Crippen LogP contribution in [-0.2, 0) is 25.7 Å². The van der Waals surface area contributed by atoms with E-state index in [9.17, 15) is 19.5 Å². The van der Waals surface area contributed by atoms with E-state index in [1.54, 1.807) is 19.3 Å². The fraction of sp³-hybridized carbons (Fsp3) is 0.381. The molecule has 2 N–H and O–H groups in total. The number of rotatable bonds is 7. The van der Waals surface area contributed by atoms with E-state index in [4.69, 9.17) is 4.74 Å². The molecule has 1 fully saturated rings. The van der Waals surface area contributed by atoms with Crippen LogP contribution in [-0.4, -0.2) is 39.4 Å². The Balaban J connectivity index is 1.78. The van der Waals surface area contributed by atoms with Crippen LogP contribution in [0.1, 0.15) is 32.8 Å². The van der Waals surface area contributed by atoms with Crippen molar-refractivity contribution in [2.45, 2.75) is 45.4 Å². The Morgan fingerprint density at radius 3 is 2.66 bits per heavy atom. The number of hydrogen-bond acceptors (Lipinski definition) is 6. The fourth-order valence-corrected chi connectivity index (χ4v) is 4.46. The molecule has 2 atom stereocenters. The first-order chi connectivity index (χ1) is 13.7. The molecule has 2 amide bonds. The maximum Gasteiger partial charge on any atom is 0.356 e. The lowest BCUT2D eigenvalue weighted by Crippen LogP contribution is -2.65. The number of nitrogens with one attached hydrogen (secondary N) is 1. The van der Waals surface area contributed by atoms with Crippen molar-refractivity contribution in [3.8, 4) is 0 Å². The number of amides is 2. The first-order valence-electron chi connectivity index (χ1n) is 9.28. The summed E-state index contributed by atoms with van der Waals surface area (Å²) in [6.07, 6.45) is 1.93. The van der Waals surface area contributed by atoms with Crippen LogP contribution >= 0.6 is 11.8 Å². The standard InChI is InChI=1S/C21H24N2O5S/c1-13(24)22-9-10-29-16-11-15-17(21(2,3)27)19(25)23(15)18(16)20(26)28-12-14-7-5-4-6-8-14/h4-10,15,17,27H,11-12H2,1-3H3,(H,22,24). The van der Waals surface area contributed by atoms with Crippen molar-refractivity contribution in [2.75, 3.05) is 0 Å². The monoisotopic (exact) mass is 416 g/mol. The van der Waals surface area contributed by atoms with Gasteiger partial charge in [0.25, 0.3) is 0 Å². The molecule has 154 valence electrons. The number of thioether (sulfide) groups is 1. The Bertz CT molecular complexity index is 873. The van der Waals surface area contributed by atoms with Gasteiger partial charge in [-0.25, -0.2) is 4.79 Å². The highest BCUT2D eigenvalue weighted by atomic mass is 32.2. The normalized spacial score (nSPS) is 21.2. The molecule has 2 aliphatic heterocycles. The van der Waals surface area contributed by atoms with Crippen LogP contribution in [0, 0.1) is 5.92 Å². The maximum absolute atomic E-state index is 12.8. The molecule has 0 bridgehead atoms. The van der Waals surface area contributed by atoms with Gasteiger partial charge in [-0.1, -0.05) is 42.1 Å². The van der Waals surface area contributed by atoms with Crippen LogP contribution in [0.15, 0.2) is 52.5 Å². The minimum absolute atomic E-state index is 0.102. The van der Waals surface area contributed by atoms with Crippen molar-refractivity contribution >= 4 is 29.5 Å². The number of β-lactam (4-membered cyclic amide) rings is 1. The molecule has 29 heavy (non-hydrogen) atoms. The lowest BCUT2D eigenvalue weighted by Gasteiger charge is -2.48. The summed E-state index contributed by atoms with van der Waals surface area (Å²) in [5.41, 5.74) is -0.113. The second kappa shape index (κ2) is 8.42. The van der Waals surface area contributed by atoms with Crippen LogP contribution in [0.2, 0.25) is 0 Å². The summed E-state index contributed by atoms with van der Waals surface area (Å²) < 4.78 is 5.45. The number of hydrogen-bond donors (Lipinski definition) is 2. The van der Waals surface area contributed by atoms with Crippen LogP contribution in [0.3, 0.4) is 0 Å². The molecule has 1 saturated heterocycles. The molecule has 2 unspecified atom stereocenters. The Morgan fingerprint density at radius 1 is 1.34 bits per heavy atom. The quantitative estimate of drug-likeness (QED) is 0.523. The van der Waals surface area contributed by atoms with Gasteiger partial charge in [-0.15, -0.1) is 0 Å². The number of ether oxygens (including phenoxy) is 1. The van der Waals surface area contributed by atoms with Crippen molar-refractivity contribution in [3.05, 3.63) is 58.1 Å². The summed E-state index contributed by atoms with van der Waals surface area (Å²) in [6.45, 7) is 4.70. The van der Waals surface area contributed by atoms with E-state index in [-0.39, 0.29) is 30.2 Å². The van der Waals surface area contributed by atoms with E-state index in [0.717, 1.165) is 5.56 Å². The van der Waals surface area contributed by atoms with Gasteiger partial charge in [-0.3, -0.25) is 9.59 Å². The Hall–Kier alpha value is -2.58. The molecule has 3 rings (SSSR count). The van der Waals surface area contributed by atoms with E-state index in [2.05, 4.69) is 5.32 Å². The summed E-state index contributed by atoms with van der Waals surface area (Å²) in [6, 6.07) is 9.01. The second-order valence-electron chi connectivity index (χ2n) is 7.57. The molecule has 1 aromatic carbocycles. The van der Waals surface area contributed by atoms with Gasteiger partial charge in [0.2, 0.25) is 11.8 Å². The van der Waals surface area contributed by atoms with E-state index in [0.29, 0.717) is 11.3 Å². The van der Waals surface area contributed by atoms with Gasteiger partial charge >= 0.3 is 5.97 Å². The van der Waals surface area contributed by atoms with Crippen molar-refractivity contribution in [1.82, 2.24) is 10.2 Å². The zero-order chi connectivity index (χ0) is 21.2. The number of nitrogens with zero attached hydrogens (tertiary/aromatic N) is 1. The number of esters is 1. The van der Waals surface area contributed by atoms with Gasteiger partial charge in [0, 0.05) is 24.4 Å². The lowest BCUT2D eigenvalue weighted by atomic mass is 9.76. The average molecular weight is 416 g/mol. The molecule has 8 heteroatoms. The highest BCUT2D eigenvalue weighted by Crippen LogP contribution is 2.49. The Kier molecular flexibility index (Phi) is 6.14. The summed E-state index contributed by atoms with van der Waals surface area (Å²) in [7, 11) is 0. The van der Waals surface area contributed by atoms with Crippen molar-refractivity contribution in [2.24, 2.45) is 5.92 Å². The predicted molar refractivity (Wildman–Crippen MR) is 109 cm³/mol. The molecule has 7 nitrogen and oxygen atoms in total. The van der Waals surface area contributed by atoms with Crippen LogP contribution in [0.5, 0.6) is 0 Å². The van der Waals surface area contributed by atoms with Crippen molar-refractivity contribution in [1.29, 1.82) is 0 Å². The van der Waals surface area contributed by atoms with E-state index >= 15 is 0 Å². The van der Waals surface area contributed by atoms with Crippen molar-refractivity contribution < 1.29 is 24.2 Å². The summed E-state index contributed by atoms with van der Waals surface area (Å²) in [5, 5.41) is 14.5. The molecular weight excluding hydrogens is 392 g/mol. The SMILES string of the molecule is CC(=O)NC=CSC1=C(C(=O)OCc2ccccc2)N2C(=O)C(C(C)(C)O)C2C1. The fourth-order valence-electron chi connectivity index (χ4n) is 3.60. The molecule has 0 aromatic heterocycles. The zero-order valence-corrected chi connectivity index (χ0v) is 17.4. The average Bonchev–Trinajstić information content (AvgIpc) is 2.96. The van der Waals surface area contributed by atoms with Gasteiger partial charge in [0.1, 0.15) is 12.3 Å².